The van der Waals surface area contributed by atoms with Crippen molar-refractivity contribution >= 4 is 11.8 Å². The van der Waals surface area contributed by atoms with Gasteiger partial charge in [-0.3, -0.25) is 4.79 Å². The Labute approximate surface area is 152 Å². The topological polar surface area (TPSA) is 74.9 Å². The summed E-state index contributed by atoms with van der Waals surface area (Å²) in [4.78, 5) is 11.7. The van der Waals surface area contributed by atoms with Gasteiger partial charge in [0, 0.05) is 5.56 Å². The molecule has 0 radical (unpaired) electrons. The van der Waals surface area contributed by atoms with Gasteiger partial charge in [-0.05, 0) is 36.8 Å². The van der Waals surface area contributed by atoms with E-state index in [0.29, 0.717) is 12.5 Å². The van der Waals surface area contributed by atoms with Crippen LogP contribution in [0.2, 0.25) is 0 Å². The largest absolute Gasteiger partial charge is 0.489 e. The first kappa shape index (κ1) is 17.5. The molecule has 0 saturated heterocycles. The smallest absolute Gasteiger partial charge is 0.280 e. The van der Waals surface area contributed by atoms with Crippen molar-refractivity contribution in [2.45, 2.75) is 20.0 Å². The Morgan fingerprint density at radius 3 is 2.62 bits per heavy atom. The van der Waals surface area contributed by atoms with Crippen molar-refractivity contribution in [3.63, 3.8) is 0 Å². The standard InChI is InChI=1S/C20H19N3O3/c1-15-3-5-16(6-4-15)13-25-18-9-7-17(8-10-18)20-22-23(12-2-11-21)19(24)14-26-20/h3-10H,2,12-14H2,1H3. The van der Waals surface area contributed by atoms with Crippen LogP contribution < -0.4 is 4.74 Å². The van der Waals surface area contributed by atoms with Crippen LogP contribution in [0.25, 0.3) is 0 Å². The number of nitrogens with zero attached hydrogens (tertiary/aromatic N) is 3. The molecule has 0 saturated carbocycles. The van der Waals surface area contributed by atoms with Crippen molar-refractivity contribution in [1.82, 2.24) is 5.01 Å². The molecule has 0 N–H and O–H groups in total. The fourth-order valence-electron chi connectivity index (χ4n) is 2.42. The summed E-state index contributed by atoms with van der Waals surface area (Å²) in [6, 6.07) is 17.6. The number of benzene rings is 2. The van der Waals surface area contributed by atoms with Gasteiger partial charge >= 0.3 is 0 Å². The Kier molecular flexibility index (Phi) is 5.49. The second kappa shape index (κ2) is 8.17. The van der Waals surface area contributed by atoms with Crippen LogP contribution in [0, 0.1) is 18.3 Å². The second-order valence-corrected chi connectivity index (χ2v) is 5.92. The van der Waals surface area contributed by atoms with Crippen LogP contribution in [0.3, 0.4) is 0 Å². The first-order chi connectivity index (χ1) is 12.7. The van der Waals surface area contributed by atoms with E-state index in [9.17, 15) is 4.79 Å². The highest BCUT2D eigenvalue weighted by Gasteiger charge is 2.22. The number of hydrogen-bond acceptors (Lipinski definition) is 5. The van der Waals surface area contributed by atoms with Gasteiger partial charge < -0.3 is 9.47 Å². The number of ether oxygens (including phenoxy) is 2. The van der Waals surface area contributed by atoms with E-state index in [1.807, 2.05) is 42.5 Å². The van der Waals surface area contributed by atoms with Crippen molar-refractivity contribution in [3.8, 4) is 11.8 Å². The van der Waals surface area contributed by atoms with Crippen molar-refractivity contribution < 1.29 is 14.3 Å². The molecule has 6 nitrogen and oxygen atoms in total. The summed E-state index contributed by atoms with van der Waals surface area (Å²) in [6.45, 7) is 2.73. The van der Waals surface area contributed by atoms with Gasteiger partial charge in [-0.15, -0.1) is 5.10 Å². The highest BCUT2D eigenvalue weighted by molar-refractivity contribution is 5.98. The Morgan fingerprint density at radius 2 is 1.92 bits per heavy atom. The lowest BCUT2D eigenvalue weighted by Crippen LogP contribution is -2.37. The maximum Gasteiger partial charge on any atom is 0.280 e. The molecular formula is C20H19N3O3. The first-order valence-corrected chi connectivity index (χ1v) is 8.33. The van der Waals surface area contributed by atoms with Gasteiger partial charge in [0.2, 0.25) is 5.90 Å². The lowest BCUT2D eigenvalue weighted by Gasteiger charge is -2.23. The van der Waals surface area contributed by atoms with Crippen molar-refractivity contribution in [1.29, 1.82) is 5.26 Å². The summed E-state index contributed by atoms with van der Waals surface area (Å²) >= 11 is 0. The fraction of sp³-hybridized carbons (Fsp3) is 0.250. The average Bonchev–Trinajstić information content (AvgIpc) is 2.67. The van der Waals surface area contributed by atoms with E-state index >= 15 is 0 Å². The number of rotatable bonds is 6. The fourth-order valence-corrected chi connectivity index (χ4v) is 2.42. The predicted octanol–water partition coefficient (Wildman–Crippen LogP) is 3.01. The number of aryl methyl sites for hydroxylation is 1. The van der Waals surface area contributed by atoms with Gasteiger partial charge in [0.05, 0.1) is 19.0 Å². The third kappa shape index (κ3) is 4.39. The Morgan fingerprint density at radius 1 is 1.19 bits per heavy atom. The summed E-state index contributed by atoms with van der Waals surface area (Å²) in [5.74, 6) is 0.859. The lowest BCUT2D eigenvalue weighted by molar-refractivity contribution is -0.135. The molecule has 1 aliphatic rings. The SMILES string of the molecule is Cc1ccc(COc2ccc(C3=NN(CCC#N)C(=O)CO3)cc2)cc1. The zero-order valence-electron chi connectivity index (χ0n) is 14.5. The van der Waals surface area contributed by atoms with Crippen molar-refractivity contribution in [2.24, 2.45) is 5.10 Å². The van der Waals surface area contributed by atoms with Crippen LogP contribution in [0.5, 0.6) is 5.75 Å². The molecule has 0 aromatic heterocycles. The minimum absolute atomic E-state index is 0.0735. The summed E-state index contributed by atoms with van der Waals surface area (Å²) in [5, 5.41) is 14.1. The van der Waals surface area contributed by atoms with E-state index in [1.54, 1.807) is 0 Å². The maximum atomic E-state index is 11.7. The van der Waals surface area contributed by atoms with Gasteiger partial charge in [0.1, 0.15) is 12.4 Å². The number of amides is 1. The Bertz CT molecular complexity index is 836. The normalized spacial score (nSPS) is 13.6. The van der Waals surface area contributed by atoms with Crippen LogP contribution in [0.15, 0.2) is 53.6 Å². The summed E-state index contributed by atoms with van der Waals surface area (Å²) in [7, 11) is 0. The van der Waals surface area contributed by atoms with Crippen molar-refractivity contribution in [2.75, 3.05) is 13.2 Å². The van der Waals surface area contributed by atoms with Gasteiger partial charge in [-0.1, -0.05) is 29.8 Å². The van der Waals surface area contributed by atoms with Crippen LogP contribution in [-0.2, 0) is 16.1 Å². The summed E-state index contributed by atoms with van der Waals surface area (Å²) in [6.07, 6.45) is 0.230. The molecule has 3 rings (SSSR count). The molecule has 0 aliphatic carbocycles. The quantitative estimate of drug-likeness (QED) is 0.803. The molecule has 6 heteroatoms. The number of nitriles is 1. The average molecular weight is 349 g/mol. The summed E-state index contributed by atoms with van der Waals surface area (Å²) < 4.78 is 11.2. The molecule has 1 heterocycles. The third-order valence-electron chi connectivity index (χ3n) is 3.89. The van der Waals surface area contributed by atoms with E-state index in [1.165, 1.54) is 10.6 Å². The molecule has 0 atom stereocenters. The maximum absolute atomic E-state index is 11.7. The molecule has 0 fully saturated rings. The number of hydrazone groups is 1. The third-order valence-corrected chi connectivity index (χ3v) is 3.89. The molecule has 2 aromatic carbocycles. The molecule has 0 spiro atoms. The van der Waals surface area contributed by atoms with Gasteiger partial charge in [0.25, 0.3) is 5.91 Å². The summed E-state index contributed by atoms with van der Waals surface area (Å²) in [5.41, 5.74) is 3.07. The van der Waals surface area contributed by atoms with Crippen LogP contribution in [0.4, 0.5) is 0 Å². The molecule has 26 heavy (non-hydrogen) atoms. The molecular weight excluding hydrogens is 330 g/mol. The van der Waals surface area contributed by atoms with Crippen LogP contribution in [-0.4, -0.2) is 30.0 Å². The number of hydrogen-bond donors (Lipinski definition) is 0. The van der Waals surface area contributed by atoms with E-state index in [-0.39, 0.29) is 25.5 Å². The minimum atomic E-state index is -0.248. The van der Waals surface area contributed by atoms with Gasteiger partial charge in [0.15, 0.2) is 6.61 Å². The zero-order valence-corrected chi connectivity index (χ0v) is 14.5. The molecule has 0 bridgehead atoms. The van der Waals surface area contributed by atoms with Gasteiger partial charge in [-0.2, -0.15) is 5.26 Å². The van der Waals surface area contributed by atoms with Crippen LogP contribution >= 0.6 is 0 Å². The Balaban J connectivity index is 1.64. The highest BCUT2D eigenvalue weighted by atomic mass is 16.5. The monoisotopic (exact) mass is 349 g/mol. The van der Waals surface area contributed by atoms with Crippen LogP contribution in [0.1, 0.15) is 23.1 Å². The van der Waals surface area contributed by atoms with Gasteiger partial charge in [-0.25, -0.2) is 5.01 Å². The zero-order chi connectivity index (χ0) is 18.4. The van der Waals surface area contributed by atoms with E-state index < -0.39 is 0 Å². The van der Waals surface area contributed by atoms with E-state index in [2.05, 4.69) is 24.2 Å². The van der Waals surface area contributed by atoms with E-state index in [0.717, 1.165) is 16.9 Å². The molecule has 132 valence electrons. The molecule has 0 unspecified atom stereocenters. The van der Waals surface area contributed by atoms with E-state index in [4.69, 9.17) is 14.7 Å². The Hall–Kier alpha value is -3.33. The molecule has 1 amide bonds. The highest BCUT2D eigenvalue weighted by Crippen LogP contribution is 2.17. The van der Waals surface area contributed by atoms with Crippen molar-refractivity contribution in [3.05, 3.63) is 65.2 Å². The first-order valence-electron chi connectivity index (χ1n) is 8.33. The second-order valence-electron chi connectivity index (χ2n) is 5.92. The molecule has 2 aromatic rings. The minimum Gasteiger partial charge on any atom is -0.489 e. The lowest BCUT2D eigenvalue weighted by atomic mass is 10.2. The predicted molar refractivity (Wildman–Crippen MR) is 96.4 cm³/mol. The molecule has 1 aliphatic heterocycles. The number of carbonyl (C=O) groups is 1. The number of carbonyl (C=O) groups excluding carboxylic acids is 1.